The topological polar surface area (TPSA) is 66.9 Å². The monoisotopic (exact) mass is 357 g/mol. The Balaban J connectivity index is 2.59. The van der Waals surface area contributed by atoms with Crippen LogP contribution in [0.5, 0.6) is 0 Å². The van der Waals surface area contributed by atoms with Gasteiger partial charge in [-0.2, -0.15) is 9.34 Å². The van der Waals surface area contributed by atoms with E-state index in [0.29, 0.717) is 13.1 Å². The van der Waals surface area contributed by atoms with Crippen LogP contribution in [0.1, 0.15) is 12.5 Å². The van der Waals surface area contributed by atoms with Crippen molar-refractivity contribution in [2.75, 3.05) is 27.2 Å². The lowest BCUT2D eigenvalue weighted by Crippen LogP contribution is -2.49. The number of likely N-dealkylation sites (N-methyl/N-ethyl adjacent to an activating group) is 2. The molecule has 1 aliphatic heterocycles. The predicted molar refractivity (Wildman–Crippen MR) is 92.0 cm³/mol. The molecule has 0 spiro atoms. The number of aryl methyl sites for hydroxylation is 1. The summed E-state index contributed by atoms with van der Waals surface area (Å²) in [5.41, 5.74) is 0.967. The zero-order valence-electron chi connectivity index (χ0n) is 14.0. The Kier molecular flexibility index (Phi) is 5.31. The van der Waals surface area contributed by atoms with Crippen LogP contribution in [0.3, 0.4) is 0 Å². The molecule has 23 heavy (non-hydrogen) atoms. The van der Waals surface area contributed by atoms with Gasteiger partial charge in [0.05, 0.1) is 24.0 Å². The summed E-state index contributed by atoms with van der Waals surface area (Å²) in [6.45, 7) is 8.38. The van der Waals surface area contributed by atoms with Crippen LogP contribution >= 0.6 is 7.94 Å². The van der Waals surface area contributed by atoms with Crippen LogP contribution in [-0.2, 0) is 10.0 Å². The molecular weight excluding hydrogens is 333 g/mol. The number of rotatable bonds is 5. The summed E-state index contributed by atoms with van der Waals surface area (Å²) in [4.78, 5) is 13.8. The second kappa shape index (κ2) is 6.59. The Bertz CT molecular complexity index is 668. The summed E-state index contributed by atoms with van der Waals surface area (Å²) in [7, 11) is -3.93. The molecule has 1 atom stereocenters. The van der Waals surface area contributed by atoms with Crippen LogP contribution in [0.2, 0.25) is 0 Å². The zero-order valence-corrected chi connectivity index (χ0v) is 15.7. The molecule has 0 N–H and O–H groups in total. The van der Waals surface area contributed by atoms with Crippen LogP contribution in [-0.4, -0.2) is 55.1 Å². The molecule has 1 aliphatic rings. The number of sulfonamides is 1. The molecule has 1 heterocycles. The minimum absolute atomic E-state index is 0.140. The first-order chi connectivity index (χ1) is 10.7. The van der Waals surface area contributed by atoms with Crippen molar-refractivity contribution in [3.8, 4) is 0 Å². The van der Waals surface area contributed by atoms with Crippen molar-refractivity contribution >= 4 is 18.0 Å². The van der Waals surface area contributed by atoms with E-state index < -0.39 is 24.0 Å². The molecule has 0 saturated carbocycles. The van der Waals surface area contributed by atoms with Gasteiger partial charge in [-0.15, -0.1) is 6.58 Å². The average molecular weight is 357 g/mol. The maximum Gasteiger partial charge on any atom is 0.275 e. The Morgan fingerprint density at radius 3 is 2.17 bits per heavy atom. The molecule has 0 aliphatic carbocycles. The van der Waals surface area contributed by atoms with Gasteiger partial charge in [-0.1, -0.05) is 23.8 Å². The third-order valence-electron chi connectivity index (χ3n) is 4.15. The van der Waals surface area contributed by atoms with Gasteiger partial charge in [0.2, 0.25) is 7.94 Å². The summed E-state index contributed by atoms with van der Waals surface area (Å²) < 4.78 is 30.7. The summed E-state index contributed by atoms with van der Waals surface area (Å²) >= 11 is 0. The standard InChI is InChI=1S/C15H24N3O3PS/c1-6-14(3)18(22(19)16(4)11-12-17(22)5)23(20,21)15-9-7-13(2)8-10-15/h6-10,14H,1,11-12H2,2-5H3. The van der Waals surface area contributed by atoms with Gasteiger partial charge in [-0.05, 0) is 30.1 Å². The molecule has 2 rings (SSSR count). The first kappa shape index (κ1) is 18.5. The summed E-state index contributed by atoms with van der Waals surface area (Å²) in [6, 6.07) is 5.99. The first-order valence-corrected chi connectivity index (χ1v) is 10.4. The van der Waals surface area contributed by atoms with Gasteiger partial charge in [0, 0.05) is 14.1 Å². The summed E-state index contributed by atoms with van der Waals surface area (Å²) in [5.74, 6) is 0. The number of hydrogen-bond donors (Lipinski definition) is 0. The Hall–Kier alpha value is -0.820. The largest absolute Gasteiger partial charge is 0.635 e. The van der Waals surface area contributed by atoms with Crippen molar-refractivity contribution in [2.24, 2.45) is 0 Å². The fraction of sp³-hybridized carbons (Fsp3) is 0.467. The van der Waals surface area contributed by atoms with Crippen LogP contribution in [0, 0.1) is 6.92 Å². The van der Waals surface area contributed by atoms with Crippen molar-refractivity contribution < 1.29 is 13.3 Å². The minimum atomic E-state index is -3.92. The minimum Gasteiger partial charge on any atom is -0.635 e. The maximum absolute atomic E-state index is 13.6. The lowest BCUT2D eigenvalue weighted by molar-refractivity contribution is -0.198. The molecule has 6 nitrogen and oxygen atoms in total. The average Bonchev–Trinajstić information content (AvgIpc) is 2.75. The van der Waals surface area contributed by atoms with Gasteiger partial charge in [-0.3, -0.25) is 0 Å². The highest BCUT2D eigenvalue weighted by Gasteiger charge is 2.55. The number of nitrogens with zero attached hydrogens (tertiary/aromatic N) is 3. The molecule has 1 aromatic carbocycles. The van der Waals surface area contributed by atoms with Crippen molar-refractivity contribution in [3.63, 3.8) is 0 Å². The van der Waals surface area contributed by atoms with Gasteiger partial charge >= 0.3 is 0 Å². The summed E-state index contributed by atoms with van der Waals surface area (Å²) in [5, 5.41) is 0. The van der Waals surface area contributed by atoms with E-state index in [2.05, 4.69) is 6.58 Å². The second-order valence-corrected chi connectivity index (χ2v) is 10.8. The maximum atomic E-state index is 13.6. The van der Waals surface area contributed by atoms with Crippen LogP contribution in [0.15, 0.2) is 41.8 Å². The van der Waals surface area contributed by atoms with E-state index in [9.17, 15) is 13.3 Å². The SMILES string of the molecule is C=CC(C)N([P+]1([O-])N(C)CCN1C)S(=O)(=O)c1ccc(C)cc1. The quantitative estimate of drug-likeness (QED) is 0.590. The fourth-order valence-corrected chi connectivity index (χ4v) is 8.38. The molecule has 1 saturated heterocycles. The lowest BCUT2D eigenvalue weighted by atomic mass is 10.2. The highest BCUT2D eigenvalue weighted by atomic mass is 32.2. The molecule has 0 bridgehead atoms. The highest BCUT2D eigenvalue weighted by Crippen LogP contribution is 2.64. The van der Waals surface area contributed by atoms with Gasteiger partial charge in [0.1, 0.15) is 0 Å². The van der Waals surface area contributed by atoms with Crippen LogP contribution in [0.25, 0.3) is 0 Å². The van der Waals surface area contributed by atoms with Crippen molar-refractivity contribution in [1.29, 1.82) is 0 Å². The van der Waals surface area contributed by atoms with E-state index in [1.165, 1.54) is 6.08 Å². The van der Waals surface area contributed by atoms with E-state index >= 15 is 0 Å². The third kappa shape index (κ3) is 3.09. The van der Waals surface area contributed by atoms with Crippen LogP contribution < -0.4 is 4.89 Å². The fourth-order valence-electron chi connectivity index (χ4n) is 2.62. The third-order valence-corrected chi connectivity index (χ3v) is 10.2. The second-order valence-electron chi connectivity index (χ2n) is 5.84. The van der Waals surface area contributed by atoms with Crippen molar-refractivity contribution in [2.45, 2.75) is 24.8 Å². The molecule has 0 aromatic heterocycles. The number of hydrogen-bond acceptors (Lipinski definition) is 5. The lowest BCUT2D eigenvalue weighted by Gasteiger charge is -2.43. The Labute approximate surface area is 139 Å². The normalized spacial score (nSPS) is 20.8. The molecule has 8 heteroatoms. The van der Waals surface area contributed by atoms with Gasteiger partial charge in [-0.25, -0.2) is 8.42 Å². The van der Waals surface area contributed by atoms with E-state index in [1.807, 2.05) is 6.92 Å². The molecule has 128 valence electrons. The highest BCUT2D eigenvalue weighted by molar-refractivity contribution is 7.95. The zero-order chi connectivity index (χ0) is 17.4. The predicted octanol–water partition coefficient (Wildman–Crippen LogP) is 1.48. The van der Waals surface area contributed by atoms with E-state index in [1.54, 1.807) is 54.6 Å². The molecule has 1 unspecified atom stereocenters. The smallest absolute Gasteiger partial charge is 0.275 e. The van der Waals surface area contributed by atoms with Crippen molar-refractivity contribution in [1.82, 2.24) is 13.4 Å². The molecule has 0 amide bonds. The molecule has 1 fully saturated rings. The molecule has 0 radical (unpaired) electrons. The van der Waals surface area contributed by atoms with E-state index in [-0.39, 0.29) is 4.90 Å². The first-order valence-electron chi connectivity index (χ1n) is 7.43. The van der Waals surface area contributed by atoms with E-state index in [0.717, 1.165) is 9.64 Å². The van der Waals surface area contributed by atoms with E-state index in [4.69, 9.17) is 0 Å². The molecular formula is C15H24N3O3PS. The van der Waals surface area contributed by atoms with Gasteiger partial charge in [0.15, 0.2) is 0 Å². The summed E-state index contributed by atoms with van der Waals surface area (Å²) in [6.07, 6.45) is 1.51. The van der Waals surface area contributed by atoms with Gasteiger partial charge < -0.3 is 4.89 Å². The molecule has 1 aromatic rings. The Morgan fingerprint density at radius 1 is 1.26 bits per heavy atom. The Morgan fingerprint density at radius 2 is 1.74 bits per heavy atom. The van der Waals surface area contributed by atoms with Crippen LogP contribution in [0.4, 0.5) is 0 Å². The van der Waals surface area contributed by atoms with Gasteiger partial charge in [0.25, 0.3) is 10.0 Å². The number of benzene rings is 1. The van der Waals surface area contributed by atoms with Crippen molar-refractivity contribution in [3.05, 3.63) is 42.5 Å².